The van der Waals surface area contributed by atoms with Gasteiger partial charge in [-0.25, -0.2) is 0 Å². The first-order valence-electron chi connectivity index (χ1n) is 16.6. The molecule has 7 aromatic carbocycles. The highest BCUT2D eigenvalue weighted by Gasteiger charge is 2.22. The van der Waals surface area contributed by atoms with E-state index < -0.39 is 17.2 Å². The highest BCUT2D eigenvalue weighted by atomic mass is 16.3. The lowest BCUT2D eigenvalue weighted by Gasteiger charge is -2.23. The van der Waals surface area contributed by atoms with Crippen LogP contribution in [0.2, 0.25) is 0 Å². The molecule has 0 saturated heterocycles. The molecule has 7 nitrogen and oxygen atoms in total. The third-order valence-corrected chi connectivity index (χ3v) is 9.07. The van der Waals surface area contributed by atoms with Crippen molar-refractivity contribution in [1.82, 2.24) is 0 Å². The van der Waals surface area contributed by atoms with Gasteiger partial charge in [-0.1, -0.05) is 97.6 Å². The molecule has 0 aliphatic carbocycles. The molecule has 1 aliphatic heterocycles. The first-order chi connectivity index (χ1) is 24.8. The van der Waals surface area contributed by atoms with Crippen molar-refractivity contribution in [2.45, 2.75) is 13.3 Å². The molecule has 1 heterocycles. The van der Waals surface area contributed by atoms with Gasteiger partial charge in [-0.15, -0.1) is 0 Å². The minimum Gasteiger partial charge on any atom is -0.507 e. The van der Waals surface area contributed by atoms with Gasteiger partial charge in [0.15, 0.2) is 11.5 Å². The summed E-state index contributed by atoms with van der Waals surface area (Å²) < 4.78 is 0. The Kier molecular flexibility index (Phi) is 10.1. The summed E-state index contributed by atoms with van der Waals surface area (Å²) >= 11 is 0. The van der Waals surface area contributed by atoms with E-state index in [4.69, 9.17) is 5.11 Å². The first kappa shape index (κ1) is 34.4. The third kappa shape index (κ3) is 6.75. The number of aromatic hydroxyl groups is 4. The van der Waals surface area contributed by atoms with Gasteiger partial charge in [0.2, 0.25) is 5.75 Å². The molecule has 6 N–H and O–H groups in total. The van der Waals surface area contributed by atoms with Crippen LogP contribution in [-0.2, 0) is 6.42 Å². The van der Waals surface area contributed by atoms with Crippen LogP contribution in [-0.4, -0.2) is 39.2 Å². The van der Waals surface area contributed by atoms with Crippen LogP contribution in [0.15, 0.2) is 134 Å². The number of benzene rings is 7. The average Bonchev–Trinajstić information content (AvgIpc) is 3.59. The van der Waals surface area contributed by atoms with E-state index in [0.29, 0.717) is 5.56 Å². The number of allylic oxidation sites excluding steroid dienone is 1. The van der Waals surface area contributed by atoms with Crippen molar-refractivity contribution in [2.75, 3.05) is 23.9 Å². The number of aliphatic hydroxyl groups is 1. The maximum atomic E-state index is 9.93. The number of aliphatic hydroxyl groups excluding tert-OH is 1. The molecule has 51 heavy (non-hydrogen) atoms. The summed E-state index contributed by atoms with van der Waals surface area (Å²) in [7, 11) is 1.00. The zero-order chi connectivity index (χ0) is 36.1. The monoisotopic (exact) mass is 676 g/mol. The second-order valence-corrected chi connectivity index (χ2v) is 12.1. The number of hydrogen-bond donors (Lipinski definition) is 6. The van der Waals surface area contributed by atoms with Crippen LogP contribution in [0.1, 0.15) is 11.1 Å². The summed E-state index contributed by atoms with van der Waals surface area (Å²) in [6.07, 6.45) is 5.10. The number of nitrogens with zero attached hydrogens (tertiary/aromatic N) is 1. The van der Waals surface area contributed by atoms with Gasteiger partial charge in [-0.3, -0.25) is 0 Å². The molecule has 0 aromatic heterocycles. The quantitative estimate of drug-likeness (QED) is 0.0795. The van der Waals surface area contributed by atoms with Crippen molar-refractivity contribution >= 4 is 50.4 Å². The molecule has 256 valence electrons. The van der Waals surface area contributed by atoms with Crippen molar-refractivity contribution in [3.8, 4) is 34.1 Å². The van der Waals surface area contributed by atoms with E-state index >= 15 is 0 Å². The molecule has 0 unspecified atom stereocenters. The Morgan fingerprint density at radius 2 is 1.35 bits per heavy atom. The molecule has 0 amide bonds. The Balaban J connectivity index is 0.000000169. The van der Waals surface area contributed by atoms with Crippen LogP contribution in [0.4, 0.5) is 22.7 Å². The second kappa shape index (κ2) is 15.0. The summed E-state index contributed by atoms with van der Waals surface area (Å²) in [5.41, 5.74) is 7.75. The molecule has 0 bridgehead atoms. The first-order valence-corrected chi connectivity index (χ1v) is 16.6. The molecular formula is C44H40N2O5. The molecule has 0 saturated carbocycles. The number of phenols is 4. The Morgan fingerprint density at radius 3 is 2.10 bits per heavy atom. The topological polar surface area (TPSA) is 116 Å². The van der Waals surface area contributed by atoms with Crippen LogP contribution < -0.4 is 15.4 Å². The Morgan fingerprint density at radius 1 is 0.667 bits per heavy atom. The number of phenolic OH excluding ortho intramolecular Hbond substituents is 4. The number of aryl methyl sites for hydroxylation is 1. The minimum atomic E-state index is -0.663. The van der Waals surface area contributed by atoms with Crippen molar-refractivity contribution in [2.24, 2.45) is 0 Å². The highest BCUT2D eigenvalue weighted by molar-refractivity contribution is 6.16. The average molecular weight is 677 g/mol. The highest BCUT2D eigenvalue weighted by Crippen LogP contribution is 2.48. The van der Waals surface area contributed by atoms with Crippen molar-refractivity contribution in [3.63, 3.8) is 0 Å². The van der Waals surface area contributed by atoms with E-state index in [-0.39, 0.29) is 11.3 Å². The van der Waals surface area contributed by atoms with Crippen LogP contribution in [0.25, 0.3) is 38.7 Å². The molecular weight excluding hydrogens is 636 g/mol. The summed E-state index contributed by atoms with van der Waals surface area (Å²) in [6.45, 7) is 7.14. The maximum Gasteiger partial charge on any atom is 0.201 e. The standard InChI is InChI=1S/C25H21N.C18H15NO4.CH4O/c1-3-6-19-11-13-21-23(26-16-15-18-7-4-5-8-22(18)26)14-12-20-10-9-17(2)24(19)25(20)21;20-14-10-15(21)17(22)18(23)16(14)11-6-8-13(9-7-11)19-12-4-2-1-3-5-12;1-2/h3-14H,1,15-16H2,2H3;1-10,19-23H;2H,1H3/b19-6-;;. The normalized spacial score (nSPS) is 12.1. The molecule has 8 rings (SSSR count). The summed E-state index contributed by atoms with van der Waals surface area (Å²) in [6, 6.07) is 39.9. The number of rotatable bonds is 5. The fraction of sp³-hybridized carbons (Fsp3) is 0.0909. The largest absolute Gasteiger partial charge is 0.507 e. The van der Waals surface area contributed by atoms with Gasteiger partial charge < -0.3 is 35.7 Å². The van der Waals surface area contributed by atoms with Crippen LogP contribution >= 0.6 is 0 Å². The molecule has 0 spiro atoms. The molecule has 0 atom stereocenters. The summed E-state index contributed by atoms with van der Waals surface area (Å²) in [5, 5.41) is 55.6. The molecule has 0 radical (unpaired) electrons. The Labute approximate surface area is 296 Å². The summed E-state index contributed by atoms with van der Waals surface area (Å²) in [5.74, 6) is -2.12. The van der Waals surface area contributed by atoms with E-state index in [1.807, 2.05) is 36.4 Å². The molecule has 0 fully saturated rings. The lowest BCUT2D eigenvalue weighted by atomic mass is 9.94. The van der Waals surface area contributed by atoms with Gasteiger partial charge in [-0.05, 0) is 87.8 Å². The maximum absolute atomic E-state index is 9.93. The Bertz CT molecular complexity index is 2390. The van der Waals surface area contributed by atoms with Gasteiger partial charge >= 0.3 is 0 Å². The van der Waals surface area contributed by atoms with Gasteiger partial charge in [-0.2, -0.15) is 0 Å². The zero-order valence-electron chi connectivity index (χ0n) is 28.5. The number of anilines is 4. The second-order valence-electron chi connectivity index (χ2n) is 12.1. The van der Waals surface area contributed by atoms with E-state index in [0.717, 1.165) is 37.5 Å². The zero-order valence-corrected chi connectivity index (χ0v) is 28.5. The van der Waals surface area contributed by atoms with Gasteiger partial charge in [0.25, 0.3) is 0 Å². The number of fused-ring (bicyclic) bond motifs is 1. The fourth-order valence-electron chi connectivity index (χ4n) is 6.75. The molecule has 1 aliphatic rings. The summed E-state index contributed by atoms with van der Waals surface area (Å²) in [4.78, 5) is 2.47. The molecule has 7 aromatic rings. The number of para-hydroxylation sites is 2. The van der Waals surface area contributed by atoms with Crippen LogP contribution in [0, 0.1) is 6.92 Å². The van der Waals surface area contributed by atoms with Crippen molar-refractivity contribution in [1.29, 1.82) is 0 Å². The predicted octanol–water partition coefficient (Wildman–Crippen LogP) is 9.21. The van der Waals surface area contributed by atoms with Crippen molar-refractivity contribution in [3.05, 3.63) is 150 Å². The SMILES string of the molecule is C=C/C=c1/ccc2c(N3CCc4ccccc43)ccc3ccc(C)c1c32.CO.Oc1cc(O)c(-c2ccc(Nc3ccccc3)cc2)c(O)c1O. The number of nitrogens with one attached hydrogen (secondary N) is 1. The van der Waals surface area contributed by atoms with Gasteiger partial charge in [0.1, 0.15) is 5.75 Å². The minimum absolute atomic E-state index is 0.0616. The lowest BCUT2D eigenvalue weighted by molar-refractivity contribution is 0.362. The molecule has 7 heteroatoms. The van der Waals surface area contributed by atoms with E-state index in [2.05, 4.69) is 90.5 Å². The van der Waals surface area contributed by atoms with Gasteiger partial charge in [0, 0.05) is 47.9 Å². The van der Waals surface area contributed by atoms with Crippen LogP contribution in [0.3, 0.4) is 0 Å². The lowest BCUT2D eigenvalue weighted by Crippen LogP contribution is -2.14. The van der Waals surface area contributed by atoms with Crippen molar-refractivity contribution < 1.29 is 25.5 Å². The van der Waals surface area contributed by atoms with E-state index in [1.165, 1.54) is 49.3 Å². The Hall–Kier alpha value is -6.44. The van der Waals surface area contributed by atoms with E-state index in [1.54, 1.807) is 24.3 Å². The predicted molar refractivity (Wildman–Crippen MR) is 210 cm³/mol. The number of hydrogen-bond acceptors (Lipinski definition) is 7. The smallest absolute Gasteiger partial charge is 0.201 e. The fourth-order valence-corrected chi connectivity index (χ4v) is 6.75. The van der Waals surface area contributed by atoms with E-state index in [9.17, 15) is 20.4 Å². The van der Waals surface area contributed by atoms with Crippen LogP contribution in [0.5, 0.6) is 23.0 Å². The third-order valence-electron chi connectivity index (χ3n) is 9.07. The van der Waals surface area contributed by atoms with Gasteiger partial charge in [0.05, 0.1) is 5.56 Å².